The molecule has 0 fully saturated rings. The number of aliphatic hydroxyl groups excluding tert-OH is 1. The number of rotatable bonds is 9. The van der Waals surface area contributed by atoms with Crippen LogP contribution >= 0.6 is 7.60 Å². The molecule has 0 saturated carbocycles. The van der Waals surface area contributed by atoms with Gasteiger partial charge in [-0.3, -0.25) is 4.57 Å². The van der Waals surface area contributed by atoms with Gasteiger partial charge in [-0.2, -0.15) is 0 Å². The highest BCUT2D eigenvalue weighted by Crippen LogP contribution is 2.50. The molecule has 0 aliphatic carbocycles. The third-order valence-electron chi connectivity index (χ3n) is 1.48. The van der Waals surface area contributed by atoms with Gasteiger partial charge in [0.1, 0.15) is 6.35 Å². The monoisotopic (exact) mass is 266 g/mol. The van der Waals surface area contributed by atoms with E-state index in [1.807, 2.05) is 0 Å². The second-order valence-corrected chi connectivity index (χ2v) is 5.97. The quantitative estimate of drug-likeness (QED) is 0.394. The van der Waals surface area contributed by atoms with Crippen LogP contribution in [0, 0.1) is 0 Å². The molecule has 0 amide bonds. The number of hydrogen-bond donors (Lipinski definition) is 1. The Labute approximate surface area is 103 Å². The third-order valence-corrected chi connectivity index (χ3v) is 3.46. The molecule has 0 atom stereocenters. The van der Waals surface area contributed by atoms with E-state index in [1.54, 1.807) is 39.8 Å². The molecule has 17 heavy (non-hydrogen) atoms. The highest BCUT2D eigenvalue weighted by Gasteiger charge is 2.27. The predicted octanol–water partition coefficient (Wildman–Crippen LogP) is 2.55. The van der Waals surface area contributed by atoms with Crippen LogP contribution in [-0.2, 0) is 18.3 Å². The molecule has 0 bridgehead atoms. The van der Waals surface area contributed by atoms with Crippen molar-refractivity contribution in [3.05, 3.63) is 12.2 Å². The van der Waals surface area contributed by atoms with Gasteiger partial charge in [0.05, 0.1) is 25.4 Å². The van der Waals surface area contributed by atoms with Crippen LogP contribution in [0.1, 0.15) is 27.7 Å². The smallest absolute Gasteiger partial charge is 0.356 e. The Hall–Kier alpha value is -0.190. The Kier molecular flexibility index (Phi) is 8.74. The molecule has 6 heteroatoms. The minimum atomic E-state index is -3.20. The second-order valence-electron chi connectivity index (χ2n) is 4.07. The van der Waals surface area contributed by atoms with Crippen molar-refractivity contribution in [3.63, 3.8) is 0 Å². The fourth-order valence-electron chi connectivity index (χ4n) is 1.10. The summed E-state index contributed by atoms with van der Waals surface area (Å²) in [5.74, 6) is 0. The molecular weight excluding hydrogens is 243 g/mol. The molecule has 5 nitrogen and oxygen atoms in total. The van der Waals surface area contributed by atoms with Crippen molar-refractivity contribution in [1.82, 2.24) is 0 Å². The molecule has 0 spiro atoms. The Morgan fingerprint density at radius 1 is 1.12 bits per heavy atom. The second kappa shape index (κ2) is 8.84. The lowest BCUT2D eigenvalue weighted by Gasteiger charge is -2.22. The summed E-state index contributed by atoms with van der Waals surface area (Å²) >= 11 is 0. The van der Waals surface area contributed by atoms with Gasteiger partial charge in [0.25, 0.3) is 0 Å². The van der Waals surface area contributed by atoms with Gasteiger partial charge in [0, 0.05) is 0 Å². The van der Waals surface area contributed by atoms with Crippen molar-refractivity contribution in [1.29, 1.82) is 0 Å². The number of hydrogen-bond acceptors (Lipinski definition) is 5. The van der Waals surface area contributed by atoms with Crippen LogP contribution in [0.25, 0.3) is 0 Å². The van der Waals surface area contributed by atoms with Crippen molar-refractivity contribution < 1.29 is 23.5 Å². The normalized spacial score (nSPS) is 13.1. The molecule has 0 radical (unpaired) electrons. The van der Waals surface area contributed by atoms with Gasteiger partial charge in [0.2, 0.25) is 0 Å². The molecule has 1 N–H and O–H groups in total. The minimum absolute atomic E-state index is 0.0357. The van der Waals surface area contributed by atoms with E-state index in [9.17, 15) is 4.57 Å². The molecule has 0 rings (SSSR count). The van der Waals surface area contributed by atoms with Crippen LogP contribution in [0.3, 0.4) is 0 Å². The van der Waals surface area contributed by atoms with Crippen LogP contribution in [0.5, 0.6) is 0 Å². The molecule has 0 aromatic rings. The fourth-order valence-corrected chi connectivity index (χ4v) is 2.89. The summed E-state index contributed by atoms with van der Waals surface area (Å²) in [6, 6.07) is 0. The van der Waals surface area contributed by atoms with E-state index in [-0.39, 0.29) is 31.8 Å². The molecule has 0 unspecified atom stereocenters. The number of ether oxygens (including phenoxy) is 1. The number of aliphatic hydroxyl groups is 1. The molecule has 102 valence electrons. The van der Waals surface area contributed by atoms with E-state index in [0.29, 0.717) is 0 Å². The van der Waals surface area contributed by atoms with Gasteiger partial charge in [0.15, 0.2) is 0 Å². The Balaban J connectivity index is 4.19. The van der Waals surface area contributed by atoms with E-state index < -0.39 is 7.60 Å². The standard InChI is InChI=1S/C11H23O5P/c1-10(2)15-17(13,16-11(3)4)9-14-8-6-5-7-12/h5-6,10-12H,7-9H2,1-4H3/b6-5-. The first-order valence-corrected chi connectivity index (χ1v) is 7.42. The molecule has 0 saturated heterocycles. The molecule has 0 aliphatic rings. The Morgan fingerprint density at radius 3 is 2.06 bits per heavy atom. The predicted molar refractivity (Wildman–Crippen MR) is 67.1 cm³/mol. The maximum atomic E-state index is 12.2. The van der Waals surface area contributed by atoms with E-state index in [0.717, 1.165) is 0 Å². The third kappa shape index (κ3) is 9.51. The summed E-state index contributed by atoms with van der Waals surface area (Å²) in [4.78, 5) is 0. The lowest BCUT2D eigenvalue weighted by Crippen LogP contribution is -2.11. The maximum absolute atomic E-state index is 12.2. The molecular formula is C11H23O5P. The summed E-state index contributed by atoms with van der Waals surface area (Å²) in [7, 11) is -3.20. The SMILES string of the molecule is CC(C)OP(=O)(COC/C=C\CO)OC(C)C. The topological polar surface area (TPSA) is 65.0 Å². The van der Waals surface area contributed by atoms with Crippen LogP contribution < -0.4 is 0 Å². The molecule has 0 aliphatic heterocycles. The van der Waals surface area contributed by atoms with Gasteiger partial charge >= 0.3 is 7.60 Å². The van der Waals surface area contributed by atoms with Gasteiger partial charge < -0.3 is 18.9 Å². The minimum Gasteiger partial charge on any atom is -0.392 e. The van der Waals surface area contributed by atoms with Crippen molar-refractivity contribution in [2.45, 2.75) is 39.9 Å². The highest BCUT2D eigenvalue weighted by atomic mass is 31.2. The zero-order valence-electron chi connectivity index (χ0n) is 11.0. The van der Waals surface area contributed by atoms with Gasteiger partial charge in [-0.15, -0.1) is 0 Å². The van der Waals surface area contributed by atoms with Crippen LogP contribution in [0.2, 0.25) is 0 Å². The zero-order valence-corrected chi connectivity index (χ0v) is 11.9. The average molecular weight is 266 g/mol. The van der Waals surface area contributed by atoms with Crippen molar-refractivity contribution in [2.75, 3.05) is 19.6 Å². The highest BCUT2D eigenvalue weighted by molar-refractivity contribution is 7.53. The Bertz CT molecular complexity index is 249. The van der Waals surface area contributed by atoms with Crippen LogP contribution in [0.15, 0.2) is 12.2 Å². The van der Waals surface area contributed by atoms with E-state index in [2.05, 4.69) is 0 Å². The first-order chi connectivity index (χ1) is 7.89. The zero-order chi connectivity index (χ0) is 13.3. The van der Waals surface area contributed by atoms with E-state index in [1.165, 1.54) is 0 Å². The first kappa shape index (κ1) is 16.8. The summed E-state index contributed by atoms with van der Waals surface area (Å²) in [6.45, 7) is 7.41. The lowest BCUT2D eigenvalue weighted by atomic mass is 10.5. The van der Waals surface area contributed by atoms with Crippen molar-refractivity contribution in [3.8, 4) is 0 Å². The van der Waals surface area contributed by atoms with Gasteiger partial charge in [-0.05, 0) is 27.7 Å². The van der Waals surface area contributed by atoms with E-state index in [4.69, 9.17) is 18.9 Å². The van der Waals surface area contributed by atoms with Crippen LogP contribution in [0.4, 0.5) is 0 Å². The van der Waals surface area contributed by atoms with E-state index >= 15 is 0 Å². The summed E-state index contributed by atoms with van der Waals surface area (Å²) in [5, 5.41) is 8.52. The largest absolute Gasteiger partial charge is 0.392 e. The van der Waals surface area contributed by atoms with Gasteiger partial charge in [-0.25, -0.2) is 0 Å². The summed E-state index contributed by atoms with van der Waals surface area (Å²) in [6.07, 6.45) is 2.75. The molecule has 0 aromatic heterocycles. The molecule has 0 heterocycles. The molecule has 0 aromatic carbocycles. The fraction of sp³-hybridized carbons (Fsp3) is 0.818. The average Bonchev–Trinajstić information content (AvgIpc) is 2.14. The van der Waals surface area contributed by atoms with Crippen LogP contribution in [-0.4, -0.2) is 36.9 Å². The summed E-state index contributed by atoms with van der Waals surface area (Å²) < 4.78 is 28.0. The van der Waals surface area contributed by atoms with Crippen molar-refractivity contribution >= 4 is 7.60 Å². The van der Waals surface area contributed by atoms with Crippen molar-refractivity contribution in [2.24, 2.45) is 0 Å². The van der Waals surface area contributed by atoms with Gasteiger partial charge in [-0.1, -0.05) is 12.2 Å². The lowest BCUT2D eigenvalue weighted by molar-refractivity contribution is 0.107. The maximum Gasteiger partial charge on any atom is 0.356 e. The first-order valence-electron chi connectivity index (χ1n) is 5.69. The Morgan fingerprint density at radius 2 is 1.65 bits per heavy atom. The summed E-state index contributed by atoms with van der Waals surface area (Å²) in [5.41, 5.74) is 0.